The van der Waals surface area contributed by atoms with Crippen LogP contribution in [-0.2, 0) is 17.1 Å². The van der Waals surface area contributed by atoms with Crippen LogP contribution in [0.1, 0.15) is 0 Å². The molecule has 8 bridgehead atoms. The van der Waals surface area contributed by atoms with Crippen molar-refractivity contribution in [1.29, 1.82) is 0 Å². The molecule has 0 saturated heterocycles. The van der Waals surface area contributed by atoms with E-state index in [2.05, 4.69) is 9.97 Å². The second kappa shape index (κ2) is 9.69. The molecule has 2 aliphatic heterocycles. The largest absolute Gasteiger partial charge is 0.324 e. The van der Waals surface area contributed by atoms with E-state index in [0.29, 0.717) is 61.3 Å². The van der Waals surface area contributed by atoms with Gasteiger partial charge in [-0.1, -0.05) is 96.0 Å². The summed E-state index contributed by atoms with van der Waals surface area (Å²) >= 11 is 13.2. The van der Waals surface area contributed by atoms with Crippen LogP contribution in [0.25, 0.3) is 89.7 Å². The van der Waals surface area contributed by atoms with Crippen LogP contribution in [0.5, 0.6) is 0 Å². The van der Waals surface area contributed by atoms with Gasteiger partial charge in [-0.2, -0.15) is 0 Å². The molecule has 9 rings (SSSR count). The van der Waals surface area contributed by atoms with Crippen LogP contribution < -0.4 is 0 Å². The minimum Gasteiger partial charge on any atom is -0.324 e. The Bertz CT molecular complexity index is 2460. The molecule has 0 fully saturated rings. The molecule has 4 aromatic carbocycles. The first-order valence-electron chi connectivity index (χ1n) is 13.2. The SMILES string of the molecule is Clc1ccc2c3nc4nc(nc5[nH]c(nc6nc(nc([nH]3)c2c1Cl)-c1ccccc1-6)c1ccccc51)-c1ccccc1-4.[Cu]. The molecule has 11 heteroatoms. The number of fused-ring (bicyclic) bond motifs is 20. The van der Waals surface area contributed by atoms with E-state index in [1.54, 1.807) is 6.07 Å². The summed E-state index contributed by atoms with van der Waals surface area (Å²) in [5.41, 5.74) is 5.83. The predicted molar refractivity (Wildman–Crippen MR) is 166 cm³/mol. The Hall–Kier alpha value is -4.66. The number of aromatic amines is 2. The number of nitrogens with zero attached hydrogens (tertiary/aromatic N) is 6. The van der Waals surface area contributed by atoms with Crippen LogP contribution in [-0.4, -0.2) is 39.9 Å². The minimum atomic E-state index is 0. The monoisotopic (exact) mass is 645 g/mol. The molecule has 0 unspecified atom stereocenters. The maximum absolute atomic E-state index is 6.77. The van der Waals surface area contributed by atoms with Gasteiger partial charge in [-0.15, -0.1) is 0 Å². The molecular formula is C32H16Cl2CuN8. The Balaban J connectivity index is 0.00000278. The fourth-order valence-electron chi connectivity index (χ4n) is 5.67. The quantitative estimate of drug-likeness (QED) is 0.161. The van der Waals surface area contributed by atoms with E-state index in [9.17, 15) is 0 Å². The molecule has 209 valence electrons. The van der Waals surface area contributed by atoms with Gasteiger partial charge in [0.1, 0.15) is 22.6 Å². The van der Waals surface area contributed by atoms with Crippen molar-refractivity contribution < 1.29 is 17.1 Å². The number of hydrogen-bond acceptors (Lipinski definition) is 6. The maximum atomic E-state index is 6.77. The topological polar surface area (TPSA) is 109 Å². The Morgan fingerprint density at radius 1 is 0.419 bits per heavy atom. The van der Waals surface area contributed by atoms with Crippen LogP contribution in [0.15, 0.2) is 84.9 Å². The molecule has 8 nitrogen and oxygen atoms in total. The van der Waals surface area contributed by atoms with Crippen LogP contribution in [0.2, 0.25) is 10.0 Å². The number of hydrogen-bond donors (Lipinski definition) is 2. The maximum Gasteiger partial charge on any atom is 0.164 e. The van der Waals surface area contributed by atoms with E-state index in [-0.39, 0.29) is 17.1 Å². The third-order valence-corrected chi connectivity index (χ3v) is 8.41. The number of benzene rings is 4. The van der Waals surface area contributed by atoms with Gasteiger partial charge in [-0.05, 0) is 12.1 Å². The molecule has 0 atom stereocenters. The molecule has 2 aliphatic rings. The average Bonchev–Trinajstić information content (AvgIpc) is 3.74. The number of aromatic nitrogens is 8. The van der Waals surface area contributed by atoms with Gasteiger partial charge in [0, 0.05) is 60.9 Å². The molecule has 0 spiro atoms. The summed E-state index contributed by atoms with van der Waals surface area (Å²) in [6.07, 6.45) is 0. The van der Waals surface area contributed by atoms with E-state index in [1.165, 1.54) is 0 Å². The second-order valence-electron chi connectivity index (χ2n) is 10.0. The molecule has 0 aliphatic carbocycles. The van der Waals surface area contributed by atoms with Crippen molar-refractivity contribution in [2.75, 3.05) is 0 Å². The molecular weight excluding hydrogens is 631 g/mol. The first-order chi connectivity index (χ1) is 20.6. The van der Waals surface area contributed by atoms with Crippen LogP contribution in [0.3, 0.4) is 0 Å². The van der Waals surface area contributed by atoms with Crippen molar-refractivity contribution in [2.24, 2.45) is 0 Å². The van der Waals surface area contributed by atoms with E-state index in [1.807, 2.05) is 78.9 Å². The van der Waals surface area contributed by atoms with Gasteiger partial charge in [-0.3, -0.25) is 0 Å². The fourth-order valence-corrected chi connectivity index (χ4v) is 6.08. The van der Waals surface area contributed by atoms with Crippen molar-refractivity contribution in [3.63, 3.8) is 0 Å². The molecule has 43 heavy (non-hydrogen) atoms. The molecule has 0 amide bonds. The summed E-state index contributed by atoms with van der Waals surface area (Å²) in [6, 6.07) is 27.4. The van der Waals surface area contributed by atoms with Crippen LogP contribution >= 0.6 is 23.2 Å². The number of nitrogens with one attached hydrogen (secondary N) is 2. The van der Waals surface area contributed by atoms with Crippen molar-refractivity contribution in [2.45, 2.75) is 0 Å². The summed E-state index contributed by atoms with van der Waals surface area (Å²) in [7, 11) is 0. The van der Waals surface area contributed by atoms with Gasteiger partial charge in [0.15, 0.2) is 23.3 Å². The third-order valence-electron chi connectivity index (χ3n) is 7.61. The van der Waals surface area contributed by atoms with Crippen molar-refractivity contribution in [3.05, 3.63) is 95.0 Å². The zero-order valence-electron chi connectivity index (χ0n) is 21.8. The molecule has 3 aromatic heterocycles. The van der Waals surface area contributed by atoms with Gasteiger partial charge < -0.3 is 9.97 Å². The fraction of sp³-hybridized carbons (Fsp3) is 0. The van der Waals surface area contributed by atoms with E-state index in [0.717, 1.165) is 38.4 Å². The van der Waals surface area contributed by atoms with Gasteiger partial charge >= 0.3 is 0 Å². The van der Waals surface area contributed by atoms with Gasteiger partial charge in [-0.25, -0.2) is 29.9 Å². The third kappa shape index (κ3) is 3.90. The normalized spacial score (nSPS) is 11.8. The van der Waals surface area contributed by atoms with E-state index >= 15 is 0 Å². The van der Waals surface area contributed by atoms with Crippen LogP contribution in [0, 0.1) is 0 Å². The first kappa shape index (κ1) is 26.0. The number of rotatable bonds is 0. The average molecular weight is 647 g/mol. The summed E-state index contributed by atoms with van der Waals surface area (Å²) in [6.45, 7) is 0. The van der Waals surface area contributed by atoms with Crippen molar-refractivity contribution in [3.8, 4) is 45.6 Å². The Kier molecular flexibility index (Phi) is 5.86. The Labute approximate surface area is 263 Å². The zero-order chi connectivity index (χ0) is 27.9. The number of H-pyrrole nitrogens is 2. The van der Waals surface area contributed by atoms with Crippen molar-refractivity contribution >= 4 is 67.3 Å². The van der Waals surface area contributed by atoms with Gasteiger partial charge in [0.05, 0.1) is 10.0 Å². The summed E-state index contributed by atoms with van der Waals surface area (Å²) in [5.74, 6) is 2.12. The molecule has 5 heterocycles. The van der Waals surface area contributed by atoms with E-state index < -0.39 is 0 Å². The summed E-state index contributed by atoms with van der Waals surface area (Å²) in [5, 5.41) is 4.06. The minimum absolute atomic E-state index is 0. The number of halogens is 2. The van der Waals surface area contributed by atoms with Gasteiger partial charge in [0.2, 0.25) is 0 Å². The standard InChI is InChI=1S/C32H16Cl2N8.Cu/c33-22-14-13-21-23(24(22)34)32-41-30-20-12-6-5-11-19(20)28(39-30)37-26-16-8-2-1-7-15(16)25(35-26)36-27-17-9-3-4-10-18(17)29(38-27)40-31(21)42-32;/h1-14H,(H2,35,36,37,38,39,40,41,42);. The molecule has 0 saturated carbocycles. The van der Waals surface area contributed by atoms with E-state index in [4.69, 9.17) is 53.1 Å². The predicted octanol–water partition coefficient (Wildman–Crippen LogP) is 8.17. The summed E-state index contributed by atoms with van der Waals surface area (Å²) < 4.78 is 0. The summed E-state index contributed by atoms with van der Waals surface area (Å²) in [4.78, 5) is 36.5. The van der Waals surface area contributed by atoms with Crippen LogP contribution in [0.4, 0.5) is 0 Å². The Morgan fingerprint density at radius 3 is 1.30 bits per heavy atom. The molecule has 1 radical (unpaired) electrons. The first-order valence-corrected chi connectivity index (χ1v) is 14.0. The van der Waals surface area contributed by atoms with Crippen molar-refractivity contribution in [1.82, 2.24) is 39.9 Å². The Morgan fingerprint density at radius 2 is 0.814 bits per heavy atom. The second-order valence-corrected chi connectivity index (χ2v) is 10.8. The zero-order valence-corrected chi connectivity index (χ0v) is 24.3. The smallest absolute Gasteiger partial charge is 0.164 e. The molecule has 7 aromatic rings. The van der Waals surface area contributed by atoms with Gasteiger partial charge in [0.25, 0.3) is 0 Å². The molecule has 2 N–H and O–H groups in total.